The first-order valence-corrected chi connectivity index (χ1v) is 6.59. The van der Waals surface area contributed by atoms with E-state index in [0.29, 0.717) is 5.15 Å². The van der Waals surface area contributed by atoms with Gasteiger partial charge >= 0.3 is 0 Å². The average Bonchev–Trinajstić information content (AvgIpc) is 2.16. The molecular formula is C10H13ClIN3. The second-order valence-electron chi connectivity index (χ2n) is 3.67. The van der Waals surface area contributed by atoms with E-state index in [1.165, 1.54) is 6.42 Å². The Morgan fingerprint density at radius 1 is 1.40 bits per heavy atom. The molecule has 82 valence electrons. The van der Waals surface area contributed by atoms with E-state index < -0.39 is 0 Å². The molecule has 0 aliphatic carbocycles. The number of nitrogens with zero attached hydrogens (tertiary/aromatic N) is 3. The lowest BCUT2D eigenvalue weighted by molar-refractivity contribution is 0.168. The minimum absolute atomic E-state index is 0.595. The molecule has 1 aromatic heterocycles. The predicted octanol–water partition coefficient (Wildman–Crippen LogP) is 2.50. The summed E-state index contributed by atoms with van der Waals surface area (Å²) >= 11 is 8.27. The largest absolute Gasteiger partial charge is 0.296 e. The Bertz CT molecular complexity index is 366. The quantitative estimate of drug-likeness (QED) is 0.627. The normalized spacial score (nSPS) is 16.5. The van der Waals surface area contributed by atoms with Crippen LogP contribution < -0.4 is 0 Å². The highest BCUT2D eigenvalue weighted by molar-refractivity contribution is 14.1. The van der Waals surface area contributed by atoms with Gasteiger partial charge in [0.15, 0.2) is 0 Å². The van der Waals surface area contributed by atoms with Crippen LogP contribution >= 0.6 is 34.2 Å². The van der Waals surface area contributed by atoms with Crippen molar-refractivity contribution in [2.24, 2.45) is 0 Å². The minimum Gasteiger partial charge on any atom is -0.296 e. The predicted molar refractivity (Wildman–Crippen MR) is 69.0 cm³/mol. The first-order valence-electron chi connectivity index (χ1n) is 5.14. The van der Waals surface area contributed by atoms with E-state index >= 15 is 0 Å². The Morgan fingerprint density at radius 2 is 2.13 bits per heavy atom. The van der Waals surface area contributed by atoms with Crippen molar-refractivity contribution in [3.63, 3.8) is 0 Å². The lowest BCUT2D eigenvalue weighted by atomic mass is 10.2. The Balaban J connectivity index is 2.19. The van der Waals surface area contributed by atoms with Crippen LogP contribution in [0.1, 0.15) is 24.9 Å². The van der Waals surface area contributed by atoms with Crippen molar-refractivity contribution < 1.29 is 0 Å². The third-order valence-corrected chi connectivity index (χ3v) is 4.30. The molecule has 5 heteroatoms. The maximum atomic E-state index is 6.07. The molecule has 2 rings (SSSR count). The van der Waals surface area contributed by atoms with E-state index in [-0.39, 0.29) is 0 Å². The summed E-state index contributed by atoms with van der Waals surface area (Å²) in [4.78, 5) is 11.2. The number of halogens is 2. The Labute approximate surface area is 108 Å². The molecule has 1 aromatic rings. The van der Waals surface area contributed by atoms with Gasteiger partial charge in [-0.15, -0.1) is 0 Å². The third-order valence-electron chi connectivity index (χ3n) is 2.57. The molecule has 0 radical (unpaired) electrons. The number of aryl methyl sites for hydroxylation is 1. The Kier molecular flexibility index (Phi) is 3.79. The standard InChI is InChI=1S/C10H13ClIN3/c1-2-7-9(12)10(11)14-8(13-7)6-15-4-3-5-15/h2-6H2,1H3. The summed E-state index contributed by atoms with van der Waals surface area (Å²) in [6.45, 7) is 5.25. The smallest absolute Gasteiger partial charge is 0.146 e. The zero-order chi connectivity index (χ0) is 10.8. The van der Waals surface area contributed by atoms with E-state index in [1.807, 2.05) is 0 Å². The van der Waals surface area contributed by atoms with Crippen molar-refractivity contribution in [3.05, 3.63) is 20.2 Å². The zero-order valence-electron chi connectivity index (χ0n) is 8.63. The molecule has 0 spiro atoms. The summed E-state index contributed by atoms with van der Waals surface area (Å²) in [5, 5.41) is 0.595. The van der Waals surface area contributed by atoms with Crippen LogP contribution in [-0.2, 0) is 13.0 Å². The van der Waals surface area contributed by atoms with Gasteiger partial charge in [-0.25, -0.2) is 9.97 Å². The molecule has 1 fully saturated rings. The zero-order valence-corrected chi connectivity index (χ0v) is 11.5. The average molecular weight is 338 g/mol. The molecule has 2 heterocycles. The van der Waals surface area contributed by atoms with Gasteiger partial charge in [0, 0.05) is 0 Å². The minimum atomic E-state index is 0.595. The molecule has 1 aliphatic heterocycles. The molecule has 0 bridgehead atoms. The topological polar surface area (TPSA) is 29.0 Å². The first-order chi connectivity index (χ1) is 7.20. The van der Waals surface area contributed by atoms with E-state index in [1.54, 1.807) is 0 Å². The maximum absolute atomic E-state index is 6.07. The summed E-state index contributed by atoms with van der Waals surface area (Å²) in [5.41, 5.74) is 1.06. The fourth-order valence-corrected chi connectivity index (χ4v) is 2.39. The monoisotopic (exact) mass is 337 g/mol. The lowest BCUT2D eigenvalue weighted by Gasteiger charge is -2.29. The molecule has 0 saturated carbocycles. The summed E-state index contributed by atoms with van der Waals surface area (Å²) in [5.74, 6) is 0.858. The van der Waals surface area contributed by atoms with Crippen molar-refractivity contribution in [1.29, 1.82) is 0 Å². The van der Waals surface area contributed by atoms with Gasteiger partial charge in [0.1, 0.15) is 11.0 Å². The molecule has 3 nitrogen and oxygen atoms in total. The molecule has 0 N–H and O–H groups in total. The van der Waals surface area contributed by atoms with Gasteiger partial charge in [0.2, 0.25) is 0 Å². The van der Waals surface area contributed by atoms with Crippen LogP contribution in [0, 0.1) is 3.57 Å². The summed E-state index contributed by atoms with van der Waals surface area (Å²) in [7, 11) is 0. The van der Waals surface area contributed by atoms with Crippen LogP contribution in [-0.4, -0.2) is 28.0 Å². The highest BCUT2D eigenvalue weighted by Crippen LogP contribution is 2.20. The van der Waals surface area contributed by atoms with Gasteiger partial charge in [0.05, 0.1) is 15.8 Å². The van der Waals surface area contributed by atoms with Gasteiger partial charge in [0.25, 0.3) is 0 Å². The fraction of sp³-hybridized carbons (Fsp3) is 0.600. The molecule has 1 saturated heterocycles. The van der Waals surface area contributed by atoms with Crippen molar-refractivity contribution in [1.82, 2.24) is 14.9 Å². The second-order valence-corrected chi connectivity index (χ2v) is 5.11. The van der Waals surface area contributed by atoms with Crippen LogP contribution in [0.4, 0.5) is 0 Å². The van der Waals surface area contributed by atoms with Crippen LogP contribution in [0.3, 0.4) is 0 Å². The highest BCUT2D eigenvalue weighted by Gasteiger charge is 2.17. The maximum Gasteiger partial charge on any atom is 0.146 e. The lowest BCUT2D eigenvalue weighted by Crippen LogP contribution is -2.37. The van der Waals surface area contributed by atoms with Gasteiger partial charge in [-0.05, 0) is 48.5 Å². The number of hydrogen-bond acceptors (Lipinski definition) is 3. The van der Waals surface area contributed by atoms with Crippen molar-refractivity contribution in [2.75, 3.05) is 13.1 Å². The fourth-order valence-electron chi connectivity index (χ4n) is 1.56. The van der Waals surface area contributed by atoms with Crippen LogP contribution in [0.2, 0.25) is 5.15 Å². The van der Waals surface area contributed by atoms with Crippen LogP contribution in [0.5, 0.6) is 0 Å². The number of aromatic nitrogens is 2. The molecule has 0 atom stereocenters. The molecule has 15 heavy (non-hydrogen) atoms. The molecule has 0 unspecified atom stereocenters. The SMILES string of the molecule is CCc1nc(CN2CCC2)nc(Cl)c1I. The number of rotatable bonds is 3. The van der Waals surface area contributed by atoms with Crippen molar-refractivity contribution in [2.45, 2.75) is 26.3 Å². The number of likely N-dealkylation sites (tertiary alicyclic amines) is 1. The van der Waals surface area contributed by atoms with Crippen LogP contribution in [0.15, 0.2) is 0 Å². The van der Waals surface area contributed by atoms with Crippen molar-refractivity contribution in [3.8, 4) is 0 Å². The van der Waals surface area contributed by atoms with Gasteiger partial charge in [-0.1, -0.05) is 18.5 Å². The number of hydrogen-bond donors (Lipinski definition) is 0. The summed E-state index contributed by atoms with van der Waals surface area (Å²) < 4.78 is 0.990. The van der Waals surface area contributed by atoms with E-state index in [0.717, 1.165) is 41.1 Å². The van der Waals surface area contributed by atoms with E-state index in [2.05, 4.69) is 44.4 Å². The molecule has 1 aliphatic rings. The Hall–Kier alpha value is 0.0600. The van der Waals surface area contributed by atoms with Gasteiger partial charge in [-0.3, -0.25) is 4.90 Å². The summed E-state index contributed by atoms with van der Waals surface area (Å²) in [6, 6.07) is 0. The Morgan fingerprint density at radius 3 is 2.67 bits per heavy atom. The van der Waals surface area contributed by atoms with Crippen molar-refractivity contribution >= 4 is 34.2 Å². The third kappa shape index (κ3) is 2.60. The summed E-state index contributed by atoms with van der Waals surface area (Å²) in [6.07, 6.45) is 2.20. The van der Waals surface area contributed by atoms with E-state index in [4.69, 9.17) is 11.6 Å². The second kappa shape index (κ2) is 4.93. The van der Waals surface area contributed by atoms with Gasteiger partial charge in [-0.2, -0.15) is 0 Å². The van der Waals surface area contributed by atoms with Gasteiger partial charge < -0.3 is 0 Å². The molecular weight excluding hydrogens is 324 g/mol. The molecule has 0 aromatic carbocycles. The highest BCUT2D eigenvalue weighted by atomic mass is 127. The van der Waals surface area contributed by atoms with Crippen LogP contribution in [0.25, 0.3) is 0 Å². The molecule has 0 amide bonds. The van der Waals surface area contributed by atoms with E-state index in [9.17, 15) is 0 Å². The first kappa shape index (κ1) is 11.5.